The van der Waals surface area contributed by atoms with Crippen molar-refractivity contribution in [1.29, 1.82) is 0 Å². The molecule has 2 rings (SSSR count). The Bertz CT molecular complexity index is 314. The summed E-state index contributed by atoms with van der Waals surface area (Å²) in [6, 6.07) is 0. The highest BCUT2D eigenvalue weighted by molar-refractivity contribution is 7.71. The van der Waals surface area contributed by atoms with Crippen molar-refractivity contribution in [2.75, 3.05) is 0 Å². The quantitative estimate of drug-likeness (QED) is 0.627. The standard InChI is InChI=1S/C13H23O4P/c1-2-3-10-13(14)18(15,16-11-6-4-7-11)17-12-8-5-9-12/h11-12H,2-10H2,1H3. The van der Waals surface area contributed by atoms with Gasteiger partial charge in [-0.15, -0.1) is 0 Å². The molecule has 0 unspecified atom stereocenters. The highest BCUT2D eigenvalue weighted by Gasteiger charge is 2.41. The van der Waals surface area contributed by atoms with Gasteiger partial charge in [-0.1, -0.05) is 13.3 Å². The van der Waals surface area contributed by atoms with Gasteiger partial charge in [-0.25, -0.2) is 0 Å². The normalized spacial score (nSPS) is 21.4. The van der Waals surface area contributed by atoms with Gasteiger partial charge in [0, 0.05) is 6.42 Å². The smallest absolute Gasteiger partial charge is 0.300 e. The van der Waals surface area contributed by atoms with E-state index in [1.807, 2.05) is 6.92 Å². The van der Waals surface area contributed by atoms with Gasteiger partial charge in [0.1, 0.15) is 0 Å². The number of carbonyl (C=O) groups excluding carboxylic acids is 1. The van der Waals surface area contributed by atoms with Crippen LogP contribution in [0.1, 0.15) is 64.7 Å². The average molecular weight is 274 g/mol. The summed E-state index contributed by atoms with van der Waals surface area (Å²) < 4.78 is 23.7. The summed E-state index contributed by atoms with van der Waals surface area (Å²) >= 11 is 0. The van der Waals surface area contributed by atoms with Crippen LogP contribution in [0.5, 0.6) is 0 Å². The predicted molar refractivity (Wildman–Crippen MR) is 69.6 cm³/mol. The van der Waals surface area contributed by atoms with Gasteiger partial charge >= 0.3 is 7.60 Å². The van der Waals surface area contributed by atoms with Crippen LogP contribution >= 0.6 is 7.60 Å². The molecule has 0 aromatic carbocycles. The van der Waals surface area contributed by atoms with E-state index in [4.69, 9.17) is 9.05 Å². The van der Waals surface area contributed by atoms with E-state index in [1.165, 1.54) is 0 Å². The second kappa shape index (κ2) is 6.31. The van der Waals surface area contributed by atoms with Crippen molar-refractivity contribution in [3.8, 4) is 0 Å². The molecule has 18 heavy (non-hydrogen) atoms. The van der Waals surface area contributed by atoms with E-state index in [0.717, 1.165) is 51.4 Å². The van der Waals surface area contributed by atoms with Gasteiger partial charge in [-0.3, -0.25) is 18.4 Å². The zero-order chi connectivity index (χ0) is 13.0. The lowest BCUT2D eigenvalue weighted by Crippen LogP contribution is -2.27. The third kappa shape index (κ3) is 3.43. The van der Waals surface area contributed by atoms with E-state index in [-0.39, 0.29) is 17.7 Å². The van der Waals surface area contributed by atoms with Crippen molar-refractivity contribution in [2.45, 2.75) is 76.9 Å². The summed E-state index contributed by atoms with van der Waals surface area (Å²) in [6.07, 6.45) is 7.73. The average Bonchev–Trinajstić information content (AvgIpc) is 2.25. The summed E-state index contributed by atoms with van der Waals surface area (Å²) in [4.78, 5) is 12.1. The van der Waals surface area contributed by atoms with E-state index in [9.17, 15) is 9.36 Å². The topological polar surface area (TPSA) is 52.6 Å². The number of hydrogen-bond donors (Lipinski definition) is 0. The molecule has 0 aliphatic heterocycles. The lowest BCUT2D eigenvalue weighted by molar-refractivity contribution is -0.115. The van der Waals surface area contributed by atoms with Gasteiger partial charge in [0.2, 0.25) is 5.52 Å². The van der Waals surface area contributed by atoms with Crippen molar-refractivity contribution in [2.24, 2.45) is 0 Å². The largest absolute Gasteiger partial charge is 0.397 e. The minimum Gasteiger partial charge on any atom is -0.300 e. The fourth-order valence-corrected chi connectivity index (χ4v) is 3.88. The van der Waals surface area contributed by atoms with Crippen molar-refractivity contribution in [1.82, 2.24) is 0 Å². The first-order valence-electron chi connectivity index (χ1n) is 7.14. The Hall–Kier alpha value is -0.180. The molecule has 2 fully saturated rings. The molecule has 0 amide bonds. The van der Waals surface area contributed by atoms with Crippen LogP contribution < -0.4 is 0 Å². The first-order chi connectivity index (χ1) is 8.64. The Morgan fingerprint density at radius 1 is 1.11 bits per heavy atom. The molecule has 0 N–H and O–H groups in total. The molecule has 0 atom stereocenters. The number of carbonyl (C=O) groups is 1. The van der Waals surface area contributed by atoms with Crippen LogP contribution in [0.2, 0.25) is 0 Å². The highest BCUT2D eigenvalue weighted by atomic mass is 31.2. The number of hydrogen-bond acceptors (Lipinski definition) is 4. The summed E-state index contributed by atoms with van der Waals surface area (Å²) in [6.45, 7) is 2.01. The molecule has 4 nitrogen and oxygen atoms in total. The fraction of sp³-hybridized carbons (Fsp3) is 0.923. The SMILES string of the molecule is CCCCC(=O)P(=O)(OC1CCC1)OC1CCC1. The van der Waals surface area contributed by atoms with Gasteiger partial charge in [0.05, 0.1) is 12.2 Å². The molecule has 2 aliphatic carbocycles. The predicted octanol–water partition coefficient (Wildman–Crippen LogP) is 4.03. The van der Waals surface area contributed by atoms with Gasteiger partial charge in [-0.05, 0) is 44.9 Å². The summed E-state index contributed by atoms with van der Waals surface area (Å²) in [7, 11) is -3.52. The molecule has 0 saturated heterocycles. The first-order valence-corrected chi connectivity index (χ1v) is 8.68. The third-order valence-corrected chi connectivity index (χ3v) is 5.72. The monoisotopic (exact) mass is 274 g/mol. The van der Waals surface area contributed by atoms with Gasteiger partial charge in [0.25, 0.3) is 0 Å². The van der Waals surface area contributed by atoms with Gasteiger partial charge < -0.3 is 0 Å². The Balaban J connectivity index is 1.94. The molecular weight excluding hydrogens is 251 g/mol. The van der Waals surface area contributed by atoms with Crippen LogP contribution in [-0.4, -0.2) is 17.7 Å². The summed E-state index contributed by atoms with van der Waals surface area (Å²) in [5.74, 6) is 0. The minimum absolute atomic E-state index is 0.0264. The van der Waals surface area contributed by atoms with E-state index < -0.39 is 7.60 Å². The van der Waals surface area contributed by atoms with Gasteiger partial charge in [-0.2, -0.15) is 0 Å². The van der Waals surface area contributed by atoms with Crippen molar-refractivity contribution in [3.63, 3.8) is 0 Å². The van der Waals surface area contributed by atoms with Crippen LogP contribution in [0.4, 0.5) is 0 Å². The molecule has 0 heterocycles. The van der Waals surface area contributed by atoms with Crippen molar-refractivity contribution < 1.29 is 18.4 Å². The van der Waals surface area contributed by atoms with Gasteiger partial charge in [0.15, 0.2) is 0 Å². The second-order valence-corrected chi connectivity index (χ2v) is 7.23. The Morgan fingerprint density at radius 2 is 1.61 bits per heavy atom. The molecule has 0 aromatic rings. The maximum absolute atomic E-state index is 12.6. The molecule has 0 radical (unpaired) electrons. The van der Waals surface area contributed by atoms with E-state index in [2.05, 4.69) is 0 Å². The van der Waals surface area contributed by atoms with Crippen LogP contribution in [-0.2, 0) is 18.4 Å². The maximum atomic E-state index is 12.6. The zero-order valence-corrected chi connectivity index (χ0v) is 12.0. The molecule has 0 bridgehead atoms. The Labute approximate surface area is 109 Å². The fourth-order valence-electron chi connectivity index (χ4n) is 1.95. The van der Waals surface area contributed by atoms with E-state index in [0.29, 0.717) is 6.42 Å². The molecule has 104 valence electrons. The highest BCUT2D eigenvalue weighted by Crippen LogP contribution is 2.56. The molecule has 2 aliphatic rings. The molecule has 5 heteroatoms. The molecular formula is C13H23O4P. The maximum Gasteiger partial charge on any atom is 0.397 e. The van der Waals surface area contributed by atoms with Crippen LogP contribution in [0.15, 0.2) is 0 Å². The molecule has 0 spiro atoms. The third-order valence-electron chi connectivity index (χ3n) is 3.73. The Kier molecular flexibility index (Phi) is 4.99. The minimum atomic E-state index is -3.52. The van der Waals surface area contributed by atoms with E-state index >= 15 is 0 Å². The van der Waals surface area contributed by atoms with Crippen LogP contribution in [0.25, 0.3) is 0 Å². The lowest BCUT2D eigenvalue weighted by atomic mass is 9.97. The van der Waals surface area contributed by atoms with Crippen molar-refractivity contribution in [3.05, 3.63) is 0 Å². The molecule has 0 aromatic heterocycles. The number of rotatable bonds is 8. The zero-order valence-electron chi connectivity index (χ0n) is 11.1. The summed E-state index contributed by atoms with van der Waals surface area (Å²) in [5.41, 5.74) is -0.317. The van der Waals surface area contributed by atoms with Crippen LogP contribution in [0.3, 0.4) is 0 Å². The first kappa shape index (κ1) is 14.2. The molecule has 2 saturated carbocycles. The lowest BCUT2D eigenvalue weighted by Gasteiger charge is -2.33. The number of unbranched alkanes of at least 4 members (excludes halogenated alkanes) is 1. The van der Waals surface area contributed by atoms with E-state index in [1.54, 1.807) is 0 Å². The summed E-state index contributed by atoms with van der Waals surface area (Å²) in [5, 5.41) is 0. The Morgan fingerprint density at radius 3 is 1.94 bits per heavy atom. The second-order valence-electron chi connectivity index (χ2n) is 5.31. The van der Waals surface area contributed by atoms with Crippen LogP contribution in [0, 0.1) is 0 Å². The van der Waals surface area contributed by atoms with Crippen molar-refractivity contribution >= 4 is 13.1 Å².